The normalized spacial score (nSPS) is 20.3. The zero-order valence-corrected chi connectivity index (χ0v) is 17.6. The molecule has 4 unspecified atom stereocenters. The van der Waals surface area contributed by atoms with E-state index in [0.29, 0.717) is 12.8 Å². The summed E-state index contributed by atoms with van der Waals surface area (Å²) in [5.41, 5.74) is 0. The van der Waals surface area contributed by atoms with E-state index in [9.17, 15) is 9.13 Å². The van der Waals surface area contributed by atoms with Crippen LogP contribution in [0.15, 0.2) is 0 Å². The molecule has 0 rings (SSSR count). The van der Waals surface area contributed by atoms with E-state index in [1.807, 2.05) is 27.7 Å². The third-order valence-electron chi connectivity index (χ3n) is 2.73. The molecule has 4 atom stereocenters. The van der Waals surface area contributed by atoms with Gasteiger partial charge in [-0.05, 0) is 40.5 Å². The summed E-state index contributed by atoms with van der Waals surface area (Å²) >= 11 is 0. The molecule has 0 heterocycles. The molecule has 0 N–H and O–H groups in total. The van der Waals surface area contributed by atoms with Crippen molar-refractivity contribution in [3.05, 3.63) is 0 Å². The van der Waals surface area contributed by atoms with Crippen LogP contribution in [-0.4, -0.2) is 51.0 Å². The molecular weight excluding hydrogens is 338 g/mol. The lowest BCUT2D eigenvalue weighted by atomic mass is 10.2. The summed E-state index contributed by atoms with van der Waals surface area (Å²) in [5.74, 6) is -0.0452. The van der Waals surface area contributed by atoms with Crippen molar-refractivity contribution in [2.75, 3.05) is 32.7 Å². The van der Waals surface area contributed by atoms with E-state index in [1.54, 1.807) is 20.5 Å². The highest BCUT2D eigenvalue weighted by Crippen LogP contribution is 2.48. The molecule has 0 saturated carbocycles. The van der Waals surface area contributed by atoms with E-state index in [0.717, 1.165) is 0 Å². The van der Waals surface area contributed by atoms with Gasteiger partial charge in [0.15, 0.2) is 0 Å². The first kappa shape index (κ1) is 23.3. The van der Waals surface area contributed by atoms with Crippen molar-refractivity contribution in [1.82, 2.24) is 0 Å². The van der Waals surface area contributed by atoms with Crippen LogP contribution >= 0.6 is 15.0 Å². The van der Waals surface area contributed by atoms with E-state index >= 15 is 0 Å². The Balaban J connectivity index is 4.23. The predicted molar refractivity (Wildman–Crippen MR) is 94.9 cm³/mol. The summed E-state index contributed by atoms with van der Waals surface area (Å²) in [4.78, 5) is 0. The van der Waals surface area contributed by atoms with Gasteiger partial charge in [0.25, 0.3) is 0 Å². The van der Waals surface area contributed by atoms with Gasteiger partial charge >= 0.3 is 7.60 Å². The molecule has 0 fully saturated rings. The van der Waals surface area contributed by atoms with Gasteiger partial charge in [-0.25, -0.2) is 0 Å². The van der Waals surface area contributed by atoms with Gasteiger partial charge in [0.1, 0.15) is 0 Å². The Morgan fingerprint density at radius 1 is 0.826 bits per heavy atom. The number of hydrogen-bond donors (Lipinski definition) is 0. The molecule has 0 spiro atoms. The van der Waals surface area contributed by atoms with Gasteiger partial charge in [0.2, 0.25) is 7.37 Å². The third-order valence-corrected chi connectivity index (χ3v) is 6.13. The van der Waals surface area contributed by atoms with Gasteiger partial charge < -0.3 is 18.3 Å². The first-order valence-electron chi connectivity index (χ1n) is 8.10. The molecule has 0 aromatic heterocycles. The second-order valence-corrected chi connectivity index (χ2v) is 11.5. The smallest absolute Gasteiger partial charge is 0.327 e. The molecule has 0 aromatic carbocycles. The standard InChI is InChI=1S/C15H34O6P2/c1-12(2)20-15(6)10-18-22(7,16)11-14(5)9-19-23(8,17)21-13(3)4/h12-15H,9-11H2,1-8H3. The Morgan fingerprint density at radius 2 is 1.39 bits per heavy atom. The molecule has 0 bridgehead atoms. The molecule has 0 aromatic rings. The maximum atomic E-state index is 12.5. The van der Waals surface area contributed by atoms with Gasteiger partial charge in [-0.1, -0.05) is 6.92 Å². The minimum atomic E-state index is -3.07. The fraction of sp³-hybridized carbons (Fsp3) is 1.00. The summed E-state index contributed by atoms with van der Waals surface area (Å²) < 4.78 is 46.2. The lowest BCUT2D eigenvalue weighted by Gasteiger charge is -2.23. The molecule has 0 radical (unpaired) electrons. The van der Waals surface area contributed by atoms with E-state index in [4.69, 9.17) is 18.3 Å². The Labute approximate surface area is 141 Å². The highest BCUT2D eigenvalue weighted by Gasteiger charge is 2.25. The first-order chi connectivity index (χ1) is 10.3. The average Bonchev–Trinajstić information content (AvgIpc) is 2.31. The maximum absolute atomic E-state index is 12.5. The van der Waals surface area contributed by atoms with Crippen LogP contribution in [0.4, 0.5) is 0 Å². The molecule has 23 heavy (non-hydrogen) atoms. The molecule has 0 saturated heterocycles. The average molecular weight is 372 g/mol. The Bertz CT molecular complexity index is 424. The zero-order valence-electron chi connectivity index (χ0n) is 15.8. The third kappa shape index (κ3) is 13.3. The van der Waals surface area contributed by atoms with Crippen molar-refractivity contribution in [1.29, 1.82) is 0 Å². The summed E-state index contributed by atoms with van der Waals surface area (Å²) in [6, 6.07) is 0. The predicted octanol–water partition coefficient (Wildman–Crippen LogP) is 4.63. The minimum absolute atomic E-state index is 0.0452. The second kappa shape index (κ2) is 10.3. The molecule has 6 nitrogen and oxygen atoms in total. The second-order valence-electron chi connectivity index (χ2n) is 6.81. The zero-order chi connectivity index (χ0) is 18.3. The first-order valence-corrected chi connectivity index (χ1v) is 12.3. The minimum Gasteiger partial charge on any atom is -0.373 e. The Kier molecular flexibility index (Phi) is 10.5. The van der Waals surface area contributed by atoms with E-state index < -0.39 is 15.0 Å². The topological polar surface area (TPSA) is 71.1 Å². The van der Waals surface area contributed by atoms with Crippen LogP contribution in [-0.2, 0) is 27.4 Å². The number of rotatable bonds is 12. The maximum Gasteiger partial charge on any atom is 0.327 e. The lowest BCUT2D eigenvalue weighted by molar-refractivity contribution is -0.00577. The fourth-order valence-electron chi connectivity index (χ4n) is 2.11. The van der Waals surface area contributed by atoms with Crippen LogP contribution in [0, 0.1) is 5.92 Å². The molecular formula is C15H34O6P2. The Hall–Kier alpha value is 0.300. The van der Waals surface area contributed by atoms with Crippen molar-refractivity contribution in [2.45, 2.75) is 59.9 Å². The van der Waals surface area contributed by atoms with Gasteiger partial charge in [-0.3, -0.25) is 9.13 Å². The van der Waals surface area contributed by atoms with Gasteiger partial charge in [0, 0.05) is 19.5 Å². The van der Waals surface area contributed by atoms with Crippen molar-refractivity contribution < 1.29 is 27.4 Å². The highest BCUT2D eigenvalue weighted by atomic mass is 31.2. The van der Waals surface area contributed by atoms with Crippen molar-refractivity contribution in [3.8, 4) is 0 Å². The monoisotopic (exact) mass is 372 g/mol. The summed E-state index contributed by atoms with van der Waals surface area (Å²) in [6.45, 7) is 14.9. The van der Waals surface area contributed by atoms with Gasteiger partial charge in [-0.15, -0.1) is 0 Å². The fourth-order valence-corrected chi connectivity index (χ4v) is 5.33. The van der Waals surface area contributed by atoms with Crippen LogP contribution in [0.3, 0.4) is 0 Å². The summed E-state index contributed by atoms with van der Waals surface area (Å²) in [6.07, 6.45) is 0.203. The lowest BCUT2D eigenvalue weighted by Crippen LogP contribution is -2.20. The quantitative estimate of drug-likeness (QED) is 0.465. The summed E-state index contributed by atoms with van der Waals surface area (Å²) in [5, 5.41) is 0. The van der Waals surface area contributed by atoms with E-state index in [-0.39, 0.29) is 30.8 Å². The largest absolute Gasteiger partial charge is 0.373 e. The van der Waals surface area contributed by atoms with Crippen molar-refractivity contribution in [2.24, 2.45) is 5.92 Å². The van der Waals surface area contributed by atoms with E-state index in [1.165, 1.54) is 6.66 Å². The van der Waals surface area contributed by atoms with Crippen LogP contribution in [0.2, 0.25) is 0 Å². The van der Waals surface area contributed by atoms with Crippen molar-refractivity contribution in [3.63, 3.8) is 0 Å². The van der Waals surface area contributed by atoms with Crippen LogP contribution in [0.25, 0.3) is 0 Å². The Morgan fingerprint density at radius 3 is 1.87 bits per heavy atom. The van der Waals surface area contributed by atoms with E-state index in [2.05, 4.69) is 0 Å². The molecule has 0 amide bonds. The van der Waals surface area contributed by atoms with Gasteiger partial charge in [-0.2, -0.15) is 0 Å². The van der Waals surface area contributed by atoms with Crippen LogP contribution in [0.1, 0.15) is 41.5 Å². The van der Waals surface area contributed by atoms with Gasteiger partial charge in [0.05, 0.1) is 31.5 Å². The van der Waals surface area contributed by atoms with Crippen LogP contribution in [0.5, 0.6) is 0 Å². The molecule has 140 valence electrons. The van der Waals surface area contributed by atoms with Crippen LogP contribution < -0.4 is 0 Å². The number of hydrogen-bond acceptors (Lipinski definition) is 6. The molecule has 8 heteroatoms. The molecule has 0 aliphatic heterocycles. The highest BCUT2D eigenvalue weighted by molar-refractivity contribution is 7.58. The van der Waals surface area contributed by atoms with Crippen molar-refractivity contribution >= 4 is 15.0 Å². The molecule has 0 aliphatic rings. The number of ether oxygens (including phenoxy) is 1. The SMILES string of the molecule is CC(COP(C)(=O)OC(C)C)CP(C)(=O)OCC(C)OC(C)C. The molecule has 0 aliphatic carbocycles. The summed E-state index contributed by atoms with van der Waals surface area (Å²) in [7, 11) is -5.81.